The van der Waals surface area contributed by atoms with Gasteiger partial charge in [-0.25, -0.2) is 0 Å². The van der Waals surface area contributed by atoms with Crippen LogP contribution in [0.1, 0.15) is 52.4 Å². The molecule has 9 aromatic carbocycles. The average molecular weight is 925 g/mol. The third-order valence-electron chi connectivity index (χ3n) is 14.2. The van der Waals surface area contributed by atoms with E-state index in [1.165, 1.54) is 5.56 Å². The summed E-state index contributed by atoms with van der Waals surface area (Å²) >= 11 is 0. The van der Waals surface area contributed by atoms with Crippen molar-refractivity contribution in [3.05, 3.63) is 258 Å². The summed E-state index contributed by atoms with van der Waals surface area (Å²) in [6.45, 7) is 4.15. The molecule has 1 aliphatic heterocycles. The molecule has 0 saturated carbocycles. The number of phenols is 2. The molecule has 2 aliphatic rings. The largest absolute Gasteiger partial charge is 0.505 e. The van der Waals surface area contributed by atoms with Crippen LogP contribution in [-0.4, -0.2) is 20.8 Å². The molecule has 4 atom stereocenters. The molecule has 346 valence electrons. The van der Waals surface area contributed by atoms with Crippen molar-refractivity contribution in [1.82, 2.24) is 4.57 Å². The van der Waals surface area contributed by atoms with Gasteiger partial charge < -0.3 is 29.2 Å². The highest BCUT2D eigenvalue weighted by Gasteiger charge is 2.39. The van der Waals surface area contributed by atoms with Crippen molar-refractivity contribution in [3.63, 3.8) is 0 Å². The zero-order valence-corrected chi connectivity index (χ0v) is 39.6. The fourth-order valence-corrected chi connectivity index (χ4v) is 11.0. The van der Waals surface area contributed by atoms with Crippen LogP contribution in [-0.2, 0) is 0 Å². The maximum absolute atomic E-state index is 12.5. The lowest BCUT2D eigenvalue weighted by atomic mass is 9.91. The fraction of sp³-hybridized carbons (Fsp3) is 0.108. The van der Waals surface area contributed by atoms with Crippen LogP contribution in [0.5, 0.6) is 23.0 Å². The minimum absolute atomic E-state index is 0.0314. The standard InChI is InChI=1S/C65H52N2O4/c1-42-37-52(64(68)58(39-42)66-54-31-15-9-25-46(54)47-26-10-16-32-55(47)66)50-29-13-19-35-60(50)70-62(44-21-5-3-6-22-44)41-63(45-23-7-4-8-24-45)71-61-36-20-14-30-51(61)53-38-43(2)40-59(65(53)69)67-56-33-17-11-27-48(56)49-28-12-18-34-57(49)67/h3-40,46,54,62-63,68-69H,41H2,1-2H3/t46?,54?,62-,63?/m1/s1. The number of para-hydroxylation sites is 5. The zero-order chi connectivity index (χ0) is 48.0. The summed E-state index contributed by atoms with van der Waals surface area (Å²) < 4.78 is 16.7. The third kappa shape index (κ3) is 7.88. The number of rotatable bonds is 12. The number of nitrogens with zero attached hydrogens (tertiary/aromatic N) is 2. The van der Waals surface area contributed by atoms with E-state index in [0.717, 1.165) is 66.6 Å². The van der Waals surface area contributed by atoms with Crippen molar-refractivity contribution in [2.45, 2.75) is 44.4 Å². The maximum atomic E-state index is 12.5. The van der Waals surface area contributed by atoms with Gasteiger partial charge in [-0.3, -0.25) is 0 Å². The van der Waals surface area contributed by atoms with E-state index in [9.17, 15) is 10.2 Å². The van der Waals surface area contributed by atoms with E-state index in [2.05, 4.69) is 151 Å². The van der Waals surface area contributed by atoms with E-state index in [1.807, 2.05) is 103 Å². The zero-order valence-electron chi connectivity index (χ0n) is 39.6. The van der Waals surface area contributed by atoms with Gasteiger partial charge in [0.25, 0.3) is 0 Å². The van der Waals surface area contributed by atoms with Gasteiger partial charge in [-0.2, -0.15) is 0 Å². The van der Waals surface area contributed by atoms with Crippen LogP contribution in [0.3, 0.4) is 0 Å². The predicted octanol–water partition coefficient (Wildman–Crippen LogP) is 16.2. The van der Waals surface area contributed by atoms with E-state index < -0.39 is 12.2 Å². The quantitative estimate of drug-likeness (QED) is 0.128. The first-order valence-corrected chi connectivity index (χ1v) is 24.4. The SMILES string of the molecule is Cc1cc(-c2ccccc2O[C@H](CC(Oc2ccccc2-c2cc(C)cc(-n3c4ccccc4c4ccccc43)c2O)c2ccccc2)c2ccccc2)c(O)c(N2c3ccccc3C3C=CC=CC32)c1. The van der Waals surface area contributed by atoms with Crippen molar-refractivity contribution in [2.24, 2.45) is 0 Å². The number of aryl methyl sites for hydroxylation is 2. The molecule has 2 N–H and O–H groups in total. The molecule has 6 nitrogen and oxygen atoms in total. The summed E-state index contributed by atoms with van der Waals surface area (Å²) in [4.78, 5) is 2.28. The van der Waals surface area contributed by atoms with Crippen LogP contribution in [0.25, 0.3) is 49.7 Å². The van der Waals surface area contributed by atoms with Crippen LogP contribution in [0.2, 0.25) is 0 Å². The molecular weight excluding hydrogens is 873 g/mol. The first-order valence-electron chi connectivity index (χ1n) is 24.4. The number of allylic oxidation sites excluding steroid dienone is 2. The molecule has 0 radical (unpaired) electrons. The Bertz CT molecular complexity index is 3620. The Morgan fingerprint density at radius 1 is 0.451 bits per heavy atom. The molecule has 0 saturated heterocycles. The second kappa shape index (κ2) is 18.3. The third-order valence-corrected chi connectivity index (χ3v) is 14.2. The molecule has 10 aromatic rings. The van der Waals surface area contributed by atoms with Gasteiger partial charge in [0.1, 0.15) is 35.2 Å². The van der Waals surface area contributed by atoms with Gasteiger partial charge in [0.05, 0.1) is 28.5 Å². The Hall–Kier alpha value is -8.74. The van der Waals surface area contributed by atoms with Gasteiger partial charge in [0.2, 0.25) is 0 Å². The van der Waals surface area contributed by atoms with Gasteiger partial charge >= 0.3 is 0 Å². The van der Waals surface area contributed by atoms with Crippen molar-refractivity contribution < 1.29 is 19.7 Å². The van der Waals surface area contributed by atoms with Crippen molar-refractivity contribution in [2.75, 3.05) is 4.90 Å². The highest BCUT2D eigenvalue weighted by molar-refractivity contribution is 6.09. The number of aromatic hydroxyl groups is 2. The lowest BCUT2D eigenvalue weighted by Crippen LogP contribution is -2.28. The van der Waals surface area contributed by atoms with Gasteiger partial charge in [-0.15, -0.1) is 0 Å². The molecule has 1 aliphatic carbocycles. The monoisotopic (exact) mass is 924 g/mol. The highest BCUT2D eigenvalue weighted by Crippen LogP contribution is 2.53. The average Bonchev–Trinajstić information content (AvgIpc) is 3.93. The van der Waals surface area contributed by atoms with E-state index in [1.54, 1.807) is 0 Å². The van der Waals surface area contributed by atoms with Crippen LogP contribution in [0.4, 0.5) is 11.4 Å². The number of ether oxygens (including phenoxy) is 2. The minimum atomic E-state index is -0.488. The topological polar surface area (TPSA) is 67.1 Å². The first kappa shape index (κ1) is 43.5. The molecule has 2 heterocycles. The Morgan fingerprint density at radius 2 is 0.915 bits per heavy atom. The number of fused-ring (bicyclic) bond motifs is 6. The number of benzene rings is 9. The summed E-state index contributed by atoms with van der Waals surface area (Å²) in [5, 5.41) is 27.3. The summed E-state index contributed by atoms with van der Waals surface area (Å²) in [6, 6.07) is 70.0. The highest BCUT2D eigenvalue weighted by atomic mass is 16.5. The number of phenolic OH excluding ortho intramolecular Hbond substituents is 2. The lowest BCUT2D eigenvalue weighted by molar-refractivity contribution is 0.111. The molecule has 6 heteroatoms. The van der Waals surface area contributed by atoms with Crippen LogP contribution in [0, 0.1) is 13.8 Å². The van der Waals surface area contributed by atoms with E-state index >= 15 is 0 Å². The normalized spacial score (nSPS) is 15.7. The molecule has 12 rings (SSSR count). The molecule has 1 aromatic heterocycles. The van der Waals surface area contributed by atoms with E-state index in [4.69, 9.17) is 9.47 Å². The van der Waals surface area contributed by atoms with E-state index in [0.29, 0.717) is 34.7 Å². The Balaban J connectivity index is 0.926. The lowest BCUT2D eigenvalue weighted by Gasteiger charge is -2.30. The molecule has 3 unspecified atom stereocenters. The van der Waals surface area contributed by atoms with Crippen molar-refractivity contribution in [3.8, 4) is 50.9 Å². The maximum Gasteiger partial charge on any atom is 0.147 e. The second-order valence-electron chi connectivity index (χ2n) is 18.7. The van der Waals surface area contributed by atoms with Gasteiger partial charge in [0, 0.05) is 51.1 Å². The number of aromatic nitrogens is 1. The Labute approximate surface area is 414 Å². The predicted molar refractivity (Wildman–Crippen MR) is 289 cm³/mol. The number of anilines is 2. The van der Waals surface area contributed by atoms with Crippen molar-refractivity contribution >= 4 is 33.2 Å². The van der Waals surface area contributed by atoms with Crippen LogP contribution >= 0.6 is 0 Å². The van der Waals surface area contributed by atoms with Gasteiger partial charge in [0.15, 0.2) is 0 Å². The molecule has 0 spiro atoms. The summed E-state index contributed by atoms with van der Waals surface area (Å²) in [5.74, 6) is 1.82. The van der Waals surface area contributed by atoms with Crippen LogP contribution < -0.4 is 14.4 Å². The summed E-state index contributed by atoms with van der Waals surface area (Å²) in [5.41, 5.74) is 12.8. The summed E-state index contributed by atoms with van der Waals surface area (Å²) in [6.07, 6.45) is 8.16. The fourth-order valence-electron chi connectivity index (χ4n) is 11.0. The molecular formula is C65H52N2O4. The first-order chi connectivity index (χ1) is 34.9. The Kier molecular flexibility index (Phi) is 11.2. The van der Waals surface area contributed by atoms with Gasteiger partial charge in [-0.05, 0) is 96.3 Å². The second-order valence-corrected chi connectivity index (χ2v) is 18.7. The minimum Gasteiger partial charge on any atom is -0.505 e. The molecule has 0 fully saturated rings. The van der Waals surface area contributed by atoms with Crippen LogP contribution in [0.15, 0.2) is 231 Å². The number of hydrogen-bond acceptors (Lipinski definition) is 5. The van der Waals surface area contributed by atoms with E-state index in [-0.39, 0.29) is 23.5 Å². The molecule has 0 bridgehead atoms. The number of hydrogen-bond donors (Lipinski definition) is 2. The van der Waals surface area contributed by atoms with Gasteiger partial charge in [-0.1, -0.05) is 176 Å². The van der Waals surface area contributed by atoms with Crippen molar-refractivity contribution in [1.29, 1.82) is 0 Å². The summed E-state index contributed by atoms with van der Waals surface area (Å²) in [7, 11) is 0. The smallest absolute Gasteiger partial charge is 0.147 e. The molecule has 0 amide bonds. The Morgan fingerprint density at radius 3 is 1.51 bits per heavy atom. The molecule has 71 heavy (non-hydrogen) atoms.